The van der Waals surface area contributed by atoms with E-state index >= 15 is 0 Å². The molecule has 0 spiro atoms. The maximum atomic E-state index is 12.5. The number of anilines is 2. The van der Waals surface area contributed by atoms with Crippen molar-refractivity contribution in [3.05, 3.63) is 54.1 Å². The summed E-state index contributed by atoms with van der Waals surface area (Å²) in [6, 6.07) is 14.6. The van der Waals surface area contributed by atoms with Gasteiger partial charge < -0.3 is 20.3 Å². The van der Waals surface area contributed by atoms with Gasteiger partial charge in [-0.2, -0.15) is 0 Å². The molecule has 0 saturated carbocycles. The molecule has 2 amide bonds. The van der Waals surface area contributed by atoms with E-state index in [1.165, 1.54) is 0 Å². The lowest BCUT2D eigenvalue weighted by Gasteiger charge is -2.16. The Morgan fingerprint density at radius 1 is 1.04 bits per heavy atom. The third-order valence-corrected chi connectivity index (χ3v) is 4.55. The van der Waals surface area contributed by atoms with Crippen molar-refractivity contribution in [1.29, 1.82) is 0 Å². The fourth-order valence-corrected chi connectivity index (χ4v) is 3.14. The standard InChI is InChI=1S/C22H27N3O3/c1-2-13-28-20-10-6-8-18(15-20)23-16-21(26)24-19-9-5-7-17(14-19)22(27)25-11-3-4-12-25/h5-10,14-15,23H,2-4,11-13,16H2,1H3,(H,24,26). The Morgan fingerprint density at radius 2 is 1.79 bits per heavy atom. The van der Waals surface area contributed by atoms with Crippen molar-refractivity contribution in [1.82, 2.24) is 4.90 Å². The third-order valence-electron chi connectivity index (χ3n) is 4.55. The van der Waals surface area contributed by atoms with Crippen LogP contribution in [0.15, 0.2) is 48.5 Å². The minimum absolute atomic E-state index is 0.0237. The van der Waals surface area contributed by atoms with E-state index in [1.807, 2.05) is 29.2 Å². The molecule has 0 radical (unpaired) electrons. The second-order valence-corrected chi connectivity index (χ2v) is 6.86. The van der Waals surface area contributed by atoms with Crippen LogP contribution in [0, 0.1) is 0 Å². The molecule has 1 saturated heterocycles. The lowest BCUT2D eigenvalue weighted by molar-refractivity contribution is -0.114. The molecule has 0 aromatic heterocycles. The summed E-state index contributed by atoms with van der Waals surface area (Å²) < 4.78 is 5.60. The minimum atomic E-state index is -0.175. The second kappa shape index (κ2) is 9.78. The van der Waals surface area contributed by atoms with Crippen molar-refractivity contribution in [2.24, 2.45) is 0 Å². The zero-order valence-electron chi connectivity index (χ0n) is 16.2. The Hall–Kier alpha value is -3.02. The summed E-state index contributed by atoms with van der Waals surface area (Å²) in [7, 11) is 0. The van der Waals surface area contributed by atoms with Crippen LogP contribution in [0.4, 0.5) is 11.4 Å². The van der Waals surface area contributed by atoms with Gasteiger partial charge in [-0.15, -0.1) is 0 Å². The minimum Gasteiger partial charge on any atom is -0.494 e. The highest BCUT2D eigenvalue weighted by atomic mass is 16.5. The fourth-order valence-electron chi connectivity index (χ4n) is 3.14. The molecule has 1 heterocycles. The van der Waals surface area contributed by atoms with Gasteiger partial charge in [0.05, 0.1) is 13.2 Å². The molecule has 2 aromatic rings. The first-order valence-corrected chi connectivity index (χ1v) is 9.81. The zero-order chi connectivity index (χ0) is 19.8. The largest absolute Gasteiger partial charge is 0.494 e. The summed E-state index contributed by atoms with van der Waals surface area (Å²) in [6.07, 6.45) is 3.05. The van der Waals surface area contributed by atoms with Crippen molar-refractivity contribution in [3.63, 3.8) is 0 Å². The van der Waals surface area contributed by atoms with Crippen LogP contribution in [0.3, 0.4) is 0 Å². The maximum absolute atomic E-state index is 12.5. The molecule has 0 aliphatic carbocycles. The van der Waals surface area contributed by atoms with Gasteiger partial charge in [0, 0.05) is 36.1 Å². The van der Waals surface area contributed by atoms with Crippen LogP contribution in [-0.2, 0) is 4.79 Å². The predicted octanol–water partition coefficient (Wildman–Crippen LogP) is 3.76. The van der Waals surface area contributed by atoms with E-state index in [1.54, 1.807) is 24.3 Å². The maximum Gasteiger partial charge on any atom is 0.253 e. The van der Waals surface area contributed by atoms with Gasteiger partial charge in [-0.1, -0.05) is 19.1 Å². The third kappa shape index (κ3) is 5.49. The normalized spacial score (nSPS) is 13.2. The molecule has 6 heteroatoms. The number of nitrogens with zero attached hydrogens (tertiary/aromatic N) is 1. The van der Waals surface area contributed by atoms with E-state index in [0.717, 1.165) is 43.8 Å². The summed E-state index contributed by atoms with van der Waals surface area (Å²) in [5.74, 6) is 0.627. The van der Waals surface area contributed by atoms with Crippen molar-refractivity contribution < 1.29 is 14.3 Å². The van der Waals surface area contributed by atoms with Gasteiger partial charge in [0.1, 0.15) is 5.75 Å². The quantitative estimate of drug-likeness (QED) is 0.730. The Kier molecular flexibility index (Phi) is 6.89. The Morgan fingerprint density at radius 3 is 2.57 bits per heavy atom. The Labute approximate surface area is 165 Å². The smallest absolute Gasteiger partial charge is 0.253 e. The summed E-state index contributed by atoms with van der Waals surface area (Å²) in [6.45, 7) is 4.46. The second-order valence-electron chi connectivity index (χ2n) is 6.86. The molecule has 1 aliphatic heterocycles. The zero-order valence-corrected chi connectivity index (χ0v) is 16.2. The van der Waals surface area contributed by atoms with Gasteiger partial charge in [-0.3, -0.25) is 9.59 Å². The average molecular weight is 381 g/mol. The topological polar surface area (TPSA) is 70.7 Å². The number of amides is 2. The van der Waals surface area contributed by atoms with E-state index in [-0.39, 0.29) is 18.4 Å². The molecule has 28 heavy (non-hydrogen) atoms. The molecule has 3 rings (SSSR count). The van der Waals surface area contributed by atoms with Crippen molar-refractivity contribution >= 4 is 23.2 Å². The van der Waals surface area contributed by atoms with Gasteiger partial charge in [0.25, 0.3) is 5.91 Å². The molecule has 2 N–H and O–H groups in total. The van der Waals surface area contributed by atoms with Crippen LogP contribution < -0.4 is 15.4 Å². The first-order valence-electron chi connectivity index (χ1n) is 9.81. The summed E-state index contributed by atoms with van der Waals surface area (Å²) >= 11 is 0. The molecular formula is C22H27N3O3. The SMILES string of the molecule is CCCOc1cccc(NCC(=O)Nc2cccc(C(=O)N3CCCC3)c2)c1. The molecule has 0 bridgehead atoms. The number of hydrogen-bond acceptors (Lipinski definition) is 4. The lowest BCUT2D eigenvalue weighted by Crippen LogP contribution is -2.27. The molecule has 6 nitrogen and oxygen atoms in total. The number of rotatable bonds is 8. The molecule has 148 valence electrons. The van der Waals surface area contributed by atoms with Crippen LogP contribution in [-0.4, -0.2) is 43.0 Å². The van der Waals surface area contributed by atoms with E-state index < -0.39 is 0 Å². The number of carbonyl (C=O) groups is 2. The van der Waals surface area contributed by atoms with Gasteiger partial charge in [-0.05, 0) is 49.6 Å². The van der Waals surface area contributed by atoms with Crippen LogP contribution in [0.25, 0.3) is 0 Å². The monoisotopic (exact) mass is 381 g/mol. The van der Waals surface area contributed by atoms with Crippen LogP contribution in [0.2, 0.25) is 0 Å². The highest BCUT2D eigenvalue weighted by molar-refractivity contribution is 5.98. The number of likely N-dealkylation sites (tertiary alicyclic amines) is 1. The fraction of sp³-hybridized carbons (Fsp3) is 0.364. The summed E-state index contributed by atoms with van der Waals surface area (Å²) in [4.78, 5) is 26.6. The predicted molar refractivity (Wildman–Crippen MR) is 111 cm³/mol. The highest BCUT2D eigenvalue weighted by Crippen LogP contribution is 2.18. The summed E-state index contributed by atoms with van der Waals surface area (Å²) in [5, 5.41) is 5.94. The Balaban J connectivity index is 1.53. The number of nitrogens with one attached hydrogen (secondary N) is 2. The van der Waals surface area contributed by atoms with Crippen LogP contribution in [0.1, 0.15) is 36.5 Å². The number of benzene rings is 2. The van der Waals surface area contributed by atoms with Crippen LogP contribution >= 0.6 is 0 Å². The van der Waals surface area contributed by atoms with Gasteiger partial charge in [-0.25, -0.2) is 0 Å². The van der Waals surface area contributed by atoms with Gasteiger partial charge in [0.15, 0.2) is 0 Å². The number of hydrogen-bond donors (Lipinski definition) is 2. The molecule has 1 aliphatic rings. The molecular weight excluding hydrogens is 354 g/mol. The van der Waals surface area contributed by atoms with E-state index in [9.17, 15) is 9.59 Å². The molecule has 2 aromatic carbocycles. The van der Waals surface area contributed by atoms with Crippen LogP contribution in [0.5, 0.6) is 5.75 Å². The van der Waals surface area contributed by atoms with E-state index in [2.05, 4.69) is 17.6 Å². The van der Waals surface area contributed by atoms with Gasteiger partial charge >= 0.3 is 0 Å². The van der Waals surface area contributed by atoms with Crippen molar-refractivity contribution in [2.75, 3.05) is 36.9 Å². The molecule has 1 fully saturated rings. The number of carbonyl (C=O) groups excluding carboxylic acids is 2. The first kappa shape index (κ1) is 19.7. The molecule has 0 unspecified atom stereocenters. The van der Waals surface area contributed by atoms with E-state index in [0.29, 0.717) is 17.9 Å². The molecule has 0 atom stereocenters. The first-order chi connectivity index (χ1) is 13.7. The number of ether oxygens (including phenoxy) is 1. The van der Waals surface area contributed by atoms with Gasteiger partial charge in [0.2, 0.25) is 5.91 Å². The van der Waals surface area contributed by atoms with E-state index in [4.69, 9.17) is 4.74 Å². The van der Waals surface area contributed by atoms with Crippen molar-refractivity contribution in [2.45, 2.75) is 26.2 Å². The average Bonchev–Trinajstić information content (AvgIpc) is 3.25. The summed E-state index contributed by atoms with van der Waals surface area (Å²) in [5.41, 5.74) is 2.05. The lowest BCUT2D eigenvalue weighted by atomic mass is 10.1. The highest BCUT2D eigenvalue weighted by Gasteiger charge is 2.19. The Bertz CT molecular complexity index is 816. The van der Waals surface area contributed by atoms with Crippen molar-refractivity contribution in [3.8, 4) is 5.75 Å².